The van der Waals surface area contributed by atoms with Crippen LogP contribution in [-0.2, 0) is 10.0 Å². The van der Waals surface area contributed by atoms with Gasteiger partial charge in [-0.05, 0) is 41.8 Å². The molecule has 0 fully saturated rings. The van der Waals surface area contributed by atoms with Crippen LogP contribution in [0.3, 0.4) is 0 Å². The van der Waals surface area contributed by atoms with Gasteiger partial charge in [0.2, 0.25) is 0 Å². The van der Waals surface area contributed by atoms with E-state index in [1.807, 2.05) is 26.0 Å². The lowest BCUT2D eigenvalue weighted by molar-refractivity contribution is 0.402. The summed E-state index contributed by atoms with van der Waals surface area (Å²) in [7, 11) is -2.39. The normalized spacial score (nSPS) is 11.1. The molecule has 0 spiro atoms. The van der Waals surface area contributed by atoms with Crippen LogP contribution in [0.4, 0.5) is 5.69 Å². The first-order chi connectivity index (χ1) is 10.9. The molecule has 5 nitrogen and oxygen atoms in total. The van der Waals surface area contributed by atoms with Crippen LogP contribution in [0.15, 0.2) is 47.4 Å². The van der Waals surface area contributed by atoms with E-state index < -0.39 is 10.0 Å². The second-order valence-electron chi connectivity index (χ2n) is 5.36. The molecule has 0 aliphatic carbocycles. The summed E-state index contributed by atoms with van der Waals surface area (Å²) in [6, 6.07) is 13.4. The molecule has 0 heterocycles. The number of sulfonamides is 1. The van der Waals surface area contributed by atoms with Gasteiger partial charge in [0.25, 0.3) is 10.0 Å². The largest absolute Gasteiger partial charge is 0.495 e. The van der Waals surface area contributed by atoms with Crippen molar-refractivity contribution in [1.82, 2.24) is 0 Å². The van der Waals surface area contributed by atoms with E-state index in [9.17, 15) is 8.42 Å². The van der Waals surface area contributed by atoms with Gasteiger partial charge in [-0.15, -0.1) is 0 Å². The van der Waals surface area contributed by atoms with Gasteiger partial charge in [0.1, 0.15) is 10.6 Å². The zero-order valence-electron chi connectivity index (χ0n) is 13.2. The highest BCUT2D eigenvalue weighted by Crippen LogP contribution is 2.29. The second-order valence-corrected chi connectivity index (χ2v) is 7.01. The average molecular weight is 330 g/mol. The van der Waals surface area contributed by atoms with E-state index >= 15 is 0 Å². The Morgan fingerprint density at radius 1 is 1.17 bits per heavy atom. The molecule has 0 aromatic heterocycles. The highest BCUT2D eigenvalue weighted by Gasteiger charge is 2.21. The van der Waals surface area contributed by atoms with E-state index in [0.29, 0.717) is 11.3 Å². The minimum Gasteiger partial charge on any atom is -0.495 e. The second kappa shape index (κ2) is 6.71. The number of hydrogen-bond donors (Lipinski definition) is 1. The fourth-order valence-corrected chi connectivity index (χ4v) is 3.38. The summed E-state index contributed by atoms with van der Waals surface area (Å²) < 4.78 is 33.0. The molecule has 0 amide bonds. The molecule has 120 valence electrons. The molecule has 0 saturated carbocycles. The van der Waals surface area contributed by atoms with Gasteiger partial charge in [-0.2, -0.15) is 5.26 Å². The Bertz CT molecular complexity index is 852. The number of nitriles is 1. The summed E-state index contributed by atoms with van der Waals surface area (Å²) >= 11 is 0. The third kappa shape index (κ3) is 3.82. The van der Waals surface area contributed by atoms with E-state index in [4.69, 9.17) is 10.00 Å². The number of nitrogens with zero attached hydrogens (tertiary/aromatic N) is 1. The first-order valence-electron chi connectivity index (χ1n) is 7.08. The molecule has 1 N–H and O–H groups in total. The monoisotopic (exact) mass is 330 g/mol. The van der Waals surface area contributed by atoms with Gasteiger partial charge in [-0.1, -0.05) is 26.0 Å². The molecule has 0 atom stereocenters. The SMILES string of the molecule is COc1ccc(C(C)C)cc1S(=O)(=O)Nc1cccc(C#N)c1. The maximum absolute atomic E-state index is 12.7. The van der Waals surface area contributed by atoms with E-state index in [-0.39, 0.29) is 16.6 Å². The van der Waals surface area contributed by atoms with Crippen LogP contribution in [0.2, 0.25) is 0 Å². The molecule has 23 heavy (non-hydrogen) atoms. The Balaban J connectivity index is 2.46. The van der Waals surface area contributed by atoms with Crippen LogP contribution in [0.25, 0.3) is 0 Å². The molecule has 2 rings (SSSR count). The number of hydrogen-bond acceptors (Lipinski definition) is 4. The molecule has 6 heteroatoms. The molecule has 0 aliphatic rings. The summed E-state index contributed by atoms with van der Waals surface area (Å²) in [5, 5.41) is 8.91. The van der Waals surface area contributed by atoms with Crippen LogP contribution in [0, 0.1) is 11.3 Å². The first kappa shape index (κ1) is 16.8. The number of anilines is 1. The van der Waals surface area contributed by atoms with E-state index in [1.165, 1.54) is 13.2 Å². The molecule has 0 bridgehead atoms. The minimum atomic E-state index is -3.82. The summed E-state index contributed by atoms with van der Waals surface area (Å²) in [6.07, 6.45) is 0. The quantitative estimate of drug-likeness (QED) is 0.910. The summed E-state index contributed by atoms with van der Waals surface area (Å²) in [5.74, 6) is 0.468. The van der Waals surface area contributed by atoms with Crippen molar-refractivity contribution in [1.29, 1.82) is 5.26 Å². The van der Waals surface area contributed by atoms with Crippen LogP contribution < -0.4 is 9.46 Å². The number of nitrogens with one attached hydrogen (secondary N) is 1. The Hall–Kier alpha value is -2.52. The van der Waals surface area contributed by atoms with Gasteiger partial charge in [-0.3, -0.25) is 4.72 Å². The number of methoxy groups -OCH3 is 1. The van der Waals surface area contributed by atoms with Gasteiger partial charge in [0.05, 0.1) is 24.4 Å². The van der Waals surface area contributed by atoms with E-state index in [2.05, 4.69) is 4.72 Å². The lowest BCUT2D eigenvalue weighted by Gasteiger charge is -2.14. The zero-order chi connectivity index (χ0) is 17.0. The molecule has 0 radical (unpaired) electrons. The Kier molecular flexibility index (Phi) is 4.92. The third-order valence-electron chi connectivity index (χ3n) is 3.39. The summed E-state index contributed by atoms with van der Waals surface area (Å²) in [6.45, 7) is 3.98. The lowest BCUT2D eigenvalue weighted by Crippen LogP contribution is -2.14. The van der Waals surface area contributed by atoms with Gasteiger partial charge >= 0.3 is 0 Å². The smallest absolute Gasteiger partial charge is 0.265 e. The van der Waals surface area contributed by atoms with Crippen molar-refractivity contribution in [2.45, 2.75) is 24.7 Å². The molecular formula is C17H18N2O3S. The third-order valence-corrected chi connectivity index (χ3v) is 4.79. The fraction of sp³-hybridized carbons (Fsp3) is 0.235. The Labute approximate surface area is 136 Å². The van der Waals surface area contributed by atoms with Crippen molar-refractivity contribution < 1.29 is 13.2 Å². The predicted molar refractivity (Wildman–Crippen MR) is 89.0 cm³/mol. The lowest BCUT2D eigenvalue weighted by atomic mass is 10.0. The molecule has 2 aromatic rings. The van der Waals surface area contributed by atoms with Gasteiger partial charge in [-0.25, -0.2) is 8.42 Å². The molecule has 2 aromatic carbocycles. The van der Waals surface area contributed by atoms with Crippen molar-refractivity contribution in [3.05, 3.63) is 53.6 Å². The maximum atomic E-state index is 12.7. The van der Waals surface area contributed by atoms with Crippen molar-refractivity contribution in [3.8, 4) is 11.8 Å². The van der Waals surface area contributed by atoms with Crippen molar-refractivity contribution in [3.63, 3.8) is 0 Å². The minimum absolute atomic E-state index is 0.0774. The molecular weight excluding hydrogens is 312 g/mol. The zero-order valence-corrected chi connectivity index (χ0v) is 14.0. The van der Waals surface area contributed by atoms with E-state index in [0.717, 1.165) is 5.56 Å². The van der Waals surface area contributed by atoms with Crippen LogP contribution >= 0.6 is 0 Å². The maximum Gasteiger partial charge on any atom is 0.265 e. The molecule has 0 unspecified atom stereocenters. The summed E-state index contributed by atoms with van der Waals surface area (Å²) in [5.41, 5.74) is 1.62. The average Bonchev–Trinajstić information content (AvgIpc) is 2.53. The topological polar surface area (TPSA) is 79.2 Å². The van der Waals surface area contributed by atoms with Crippen LogP contribution in [-0.4, -0.2) is 15.5 Å². The van der Waals surface area contributed by atoms with Crippen LogP contribution in [0.5, 0.6) is 5.75 Å². The molecule has 0 aliphatic heterocycles. The van der Waals surface area contributed by atoms with Crippen molar-refractivity contribution in [2.24, 2.45) is 0 Å². The first-order valence-corrected chi connectivity index (χ1v) is 8.56. The number of benzene rings is 2. The van der Waals surface area contributed by atoms with Crippen LogP contribution in [0.1, 0.15) is 30.9 Å². The van der Waals surface area contributed by atoms with Gasteiger partial charge in [0.15, 0.2) is 0 Å². The Morgan fingerprint density at radius 3 is 2.52 bits per heavy atom. The van der Waals surface area contributed by atoms with Crippen molar-refractivity contribution >= 4 is 15.7 Å². The fourth-order valence-electron chi connectivity index (χ4n) is 2.12. The molecule has 0 saturated heterocycles. The van der Waals surface area contributed by atoms with Gasteiger partial charge < -0.3 is 4.74 Å². The summed E-state index contributed by atoms with van der Waals surface area (Å²) in [4.78, 5) is 0.0774. The predicted octanol–water partition coefficient (Wildman–Crippen LogP) is 3.49. The van der Waals surface area contributed by atoms with Gasteiger partial charge in [0, 0.05) is 0 Å². The number of rotatable bonds is 5. The standard InChI is InChI=1S/C17H18N2O3S/c1-12(2)14-7-8-16(22-3)17(10-14)23(20,21)19-15-6-4-5-13(9-15)11-18/h4-10,12,19H,1-3H3. The van der Waals surface area contributed by atoms with Crippen molar-refractivity contribution in [2.75, 3.05) is 11.8 Å². The highest BCUT2D eigenvalue weighted by atomic mass is 32.2. The van der Waals surface area contributed by atoms with E-state index in [1.54, 1.807) is 30.3 Å². The number of ether oxygens (including phenoxy) is 1. The highest BCUT2D eigenvalue weighted by molar-refractivity contribution is 7.92. The Morgan fingerprint density at radius 2 is 1.91 bits per heavy atom.